The van der Waals surface area contributed by atoms with Crippen LogP contribution in [-0.2, 0) is 0 Å². The van der Waals surface area contributed by atoms with E-state index in [0.29, 0.717) is 5.76 Å². The largest absolute Gasteiger partial charge is 0.458 e. The molecule has 0 unspecified atom stereocenters. The van der Waals surface area contributed by atoms with Gasteiger partial charge in [-0.1, -0.05) is 6.07 Å². The van der Waals surface area contributed by atoms with Crippen LogP contribution >= 0.6 is 15.9 Å². The van der Waals surface area contributed by atoms with Crippen LogP contribution in [0.25, 0.3) is 0 Å². The van der Waals surface area contributed by atoms with Gasteiger partial charge in [-0.2, -0.15) is 0 Å². The van der Waals surface area contributed by atoms with Crippen molar-refractivity contribution >= 4 is 21.7 Å². The number of rotatable bonds is 2. The molecule has 2 nitrogen and oxygen atoms in total. The number of hydrogen-bond acceptors (Lipinski definition) is 2. The Morgan fingerprint density at radius 3 is 2.69 bits per heavy atom. The Morgan fingerprint density at radius 1 is 1.31 bits per heavy atom. The van der Waals surface area contributed by atoms with Gasteiger partial charge in [0.15, 0.2) is 5.76 Å². The van der Waals surface area contributed by atoms with E-state index in [1.165, 1.54) is 12.1 Å². The first-order chi connectivity index (χ1) is 7.59. The van der Waals surface area contributed by atoms with Gasteiger partial charge in [-0.25, -0.2) is 4.39 Å². The lowest BCUT2D eigenvalue weighted by Crippen LogP contribution is -2.01. The predicted octanol–water partition coefficient (Wildman–Crippen LogP) is 3.72. The average Bonchev–Trinajstić information content (AvgIpc) is 2.68. The highest BCUT2D eigenvalue weighted by Gasteiger charge is 2.17. The molecule has 0 aliphatic rings. The third kappa shape index (κ3) is 1.93. The van der Waals surface area contributed by atoms with Crippen LogP contribution in [-0.4, -0.2) is 5.78 Å². The maximum atomic E-state index is 13.2. The van der Waals surface area contributed by atoms with Crippen molar-refractivity contribution in [3.63, 3.8) is 0 Å². The lowest BCUT2D eigenvalue weighted by atomic mass is 10.1. The zero-order valence-corrected chi connectivity index (χ0v) is 10.0. The van der Waals surface area contributed by atoms with Gasteiger partial charge in [0.1, 0.15) is 11.6 Å². The molecule has 0 atom stereocenters. The molecule has 2 aromatic rings. The Hall–Kier alpha value is -1.42. The maximum absolute atomic E-state index is 13.2. The predicted molar refractivity (Wildman–Crippen MR) is 61.0 cm³/mol. The number of aryl methyl sites for hydroxylation is 1. The van der Waals surface area contributed by atoms with Crippen LogP contribution < -0.4 is 0 Å². The molecule has 0 aliphatic heterocycles. The topological polar surface area (TPSA) is 30.2 Å². The molecule has 0 N–H and O–H groups in total. The first-order valence-corrected chi connectivity index (χ1v) is 5.44. The number of furan rings is 1. The second kappa shape index (κ2) is 4.22. The van der Waals surface area contributed by atoms with E-state index in [-0.39, 0.29) is 21.6 Å². The van der Waals surface area contributed by atoms with Crippen LogP contribution in [0, 0.1) is 12.7 Å². The highest BCUT2D eigenvalue weighted by atomic mass is 79.9. The summed E-state index contributed by atoms with van der Waals surface area (Å²) in [5, 5.41) is 0. The van der Waals surface area contributed by atoms with Crippen LogP contribution in [0.2, 0.25) is 0 Å². The van der Waals surface area contributed by atoms with Crippen molar-refractivity contribution < 1.29 is 13.6 Å². The summed E-state index contributed by atoms with van der Waals surface area (Å²) in [6, 6.07) is 7.60. The molecule has 0 saturated heterocycles. The molecule has 0 fully saturated rings. The van der Waals surface area contributed by atoms with Crippen molar-refractivity contribution in [3.8, 4) is 0 Å². The molecular weight excluding hydrogens is 275 g/mol. The van der Waals surface area contributed by atoms with E-state index in [1.807, 2.05) is 0 Å². The normalized spacial score (nSPS) is 10.4. The first-order valence-electron chi connectivity index (χ1n) is 4.65. The van der Waals surface area contributed by atoms with Gasteiger partial charge in [-0.05, 0) is 47.1 Å². The summed E-state index contributed by atoms with van der Waals surface area (Å²) in [4.78, 5) is 11.9. The lowest BCUT2D eigenvalue weighted by molar-refractivity contribution is 0.101. The Bertz CT molecular complexity index is 546. The first kappa shape index (κ1) is 11.1. The van der Waals surface area contributed by atoms with Gasteiger partial charge in [-0.3, -0.25) is 4.79 Å². The third-order valence-electron chi connectivity index (χ3n) is 2.16. The zero-order chi connectivity index (χ0) is 11.7. The number of halogens is 2. The van der Waals surface area contributed by atoms with Gasteiger partial charge < -0.3 is 4.42 Å². The number of ketones is 1. The fourth-order valence-corrected chi connectivity index (χ4v) is 1.81. The Labute approximate surface area is 100 Å². The standard InChI is InChI=1S/C12H8BrFO2/c1-7-5-6-10(16-7)12(15)8-3-2-4-9(14)11(8)13/h2-6H,1H3. The van der Waals surface area contributed by atoms with Crippen molar-refractivity contribution in [1.82, 2.24) is 0 Å². The van der Waals surface area contributed by atoms with E-state index < -0.39 is 5.82 Å². The fraction of sp³-hybridized carbons (Fsp3) is 0.0833. The molecule has 2 rings (SSSR count). The van der Waals surface area contributed by atoms with Gasteiger partial charge in [-0.15, -0.1) is 0 Å². The Kier molecular flexibility index (Phi) is 2.92. The third-order valence-corrected chi connectivity index (χ3v) is 2.97. The van der Waals surface area contributed by atoms with Crippen LogP contribution in [0.3, 0.4) is 0 Å². The lowest BCUT2D eigenvalue weighted by Gasteiger charge is -2.01. The molecule has 16 heavy (non-hydrogen) atoms. The molecule has 4 heteroatoms. The molecule has 0 aliphatic carbocycles. The molecule has 0 radical (unpaired) electrons. The average molecular weight is 283 g/mol. The highest BCUT2D eigenvalue weighted by Crippen LogP contribution is 2.23. The van der Waals surface area contributed by atoms with E-state index in [0.717, 1.165) is 0 Å². The van der Waals surface area contributed by atoms with E-state index in [2.05, 4.69) is 15.9 Å². The van der Waals surface area contributed by atoms with Crippen LogP contribution in [0.1, 0.15) is 21.9 Å². The van der Waals surface area contributed by atoms with Gasteiger partial charge in [0.05, 0.1) is 4.47 Å². The van der Waals surface area contributed by atoms with Crippen molar-refractivity contribution in [2.45, 2.75) is 6.92 Å². The molecule has 82 valence electrons. The maximum Gasteiger partial charge on any atom is 0.229 e. The van der Waals surface area contributed by atoms with E-state index in [1.54, 1.807) is 25.1 Å². The summed E-state index contributed by atoms with van der Waals surface area (Å²) in [6.45, 7) is 1.75. The number of carbonyl (C=O) groups is 1. The molecule has 0 bridgehead atoms. The smallest absolute Gasteiger partial charge is 0.229 e. The highest BCUT2D eigenvalue weighted by molar-refractivity contribution is 9.10. The summed E-state index contributed by atoms with van der Waals surface area (Å²) in [5.74, 6) is 0.0632. The van der Waals surface area contributed by atoms with Gasteiger partial charge in [0.25, 0.3) is 0 Å². The molecule has 1 aromatic heterocycles. The van der Waals surface area contributed by atoms with Gasteiger partial charge in [0.2, 0.25) is 5.78 Å². The van der Waals surface area contributed by atoms with Crippen molar-refractivity contribution in [3.05, 3.63) is 57.7 Å². The molecule has 1 aromatic carbocycles. The van der Waals surface area contributed by atoms with Crippen molar-refractivity contribution in [2.75, 3.05) is 0 Å². The van der Waals surface area contributed by atoms with Crippen LogP contribution in [0.15, 0.2) is 39.2 Å². The quantitative estimate of drug-likeness (QED) is 0.786. The van der Waals surface area contributed by atoms with E-state index in [9.17, 15) is 9.18 Å². The van der Waals surface area contributed by atoms with Crippen molar-refractivity contribution in [2.24, 2.45) is 0 Å². The second-order valence-corrected chi connectivity index (χ2v) is 4.13. The molecule has 0 saturated carbocycles. The Balaban J connectivity index is 2.45. The fourth-order valence-electron chi connectivity index (χ4n) is 1.37. The molecular formula is C12H8BrFO2. The van der Waals surface area contributed by atoms with Crippen molar-refractivity contribution in [1.29, 1.82) is 0 Å². The van der Waals surface area contributed by atoms with Gasteiger partial charge >= 0.3 is 0 Å². The van der Waals surface area contributed by atoms with E-state index >= 15 is 0 Å². The summed E-state index contributed by atoms with van der Waals surface area (Å²) >= 11 is 3.05. The van der Waals surface area contributed by atoms with Gasteiger partial charge in [0, 0.05) is 5.56 Å². The minimum absolute atomic E-state index is 0.161. The minimum Gasteiger partial charge on any atom is -0.458 e. The molecule has 0 spiro atoms. The van der Waals surface area contributed by atoms with Crippen LogP contribution in [0.4, 0.5) is 4.39 Å². The Morgan fingerprint density at radius 2 is 2.06 bits per heavy atom. The van der Waals surface area contributed by atoms with Crippen LogP contribution in [0.5, 0.6) is 0 Å². The monoisotopic (exact) mass is 282 g/mol. The summed E-state index contributed by atoms with van der Waals surface area (Å²) in [6.07, 6.45) is 0. The SMILES string of the molecule is Cc1ccc(C(=O)c2cccc(F)c2Br)o1. The molecule has 0 amide bonds. The summed E-state index contributed by atoms with van der Waals surface area (Å²) in [5.41, 5.74) is 0.259. The second-order valence-electron chi connectivity index (χ2n) is 3.34. The zero-order valence-electron chi connectivity index (χ0n) is 8.46. The summed E-state index contributed by atoms with van der Waals surface area (Å²) < 4.78 is 18.6. The molecule has 1 heterocycles. The van der Waals surface area contributed by atoms with E-state index in [4.69, 9.17) is 4.42 Å². The summed E-state index contributed by atoms with van der Waals surface area (Å²) in [7, 11) is 0. The minimum atomic E-state index is -0.464. The number of benzene rings is 1. The number of carbonyl (C=O) groups excluding carboxylic acids is 1. The number of hydrogen-bond donors (Lipinski definition) is 0.